The Morgan fingerprint density at radius 2 is 1.47 bits per heavy atom. The van der Waals surface area contributed by atoms with Crippen molar-refractivity contribution in [3.8, 4) is 0 Å². The summed E-state index contributed by atoms with van der Waals surface area (Å²) in [5, 5.41) is -0.715. The summed E-state index contributed by atoms with van der Waals surface area (Å²) in [7, 11) is -3.44. The van der Waals surface area contributed by atoms with E-state index in [1.54, 1.807) is 0 Å². The molecule has 1 fully saturated rings. The van der Waals surface area contributed by atoms with Gasteiger partial charge in [-0.1, -0.05) is 88.7 Å². The van der Waals surface area contributed by atoms with Gasteiger partial charge in [0.25, 0.3) is 0 Å². The van der Waals surface area contributed by atoms with E-state index in [1.165, 1.54) is 22.3 Å². The van der Waals surface area contributed by atoms with Crippen LogP contribution in [0.2, 0.25) is 0 Å². The van der Waals surface area contributed by atoms with Crippen LogP contribution in [0.25, 0.3) is 0 Å². The quantitative estimate of drug-likeness (QED) is 0.392. The van der Waals surface area contributed by atoms with E-state index < -0.39 is 12.8 Å². The Bertz CT molecular complexity index is 994. The Labute approximate surface area is 180 Å². The van der Waals surface area contributed by atoms with Crippen molar-refractivity contribution in [2.45, 2.75) is 57.0 Å². The van der Waals surface area contributed by atoms with Gasteiger partial charge in [-0.15, -0.1) is 0 Å². The Balaban J connectivity index is 1.77. The smallest absolute Gasteiger partial charge is 0.307 e. The minimum atomic E-state index is -3.44. The van der Waals surface area contributed by atoms with Crippen LogP contribution < -0.4 is 0 Å². The summed E-state index contributed by atoms with van der Waals surface area (Å²) in [5.74, 6) is -0.0202. The van der Waals surface area contributed by atoms with Crippen LogP contribution in [0, 0.1) is 5.41 Å². The minimum absolute atomic E-state index is 0.0345. The molecule has 0 N–H and O–H groups in total. The van der Waals surface area contributed by atoms with E-state index in [0.29, 0.717) is 13.2 Å². The topological polar surface area (TPSA) is 35.5 Å². The van der Waals surface area contributed by atoms with Crippen molar-refractivity contribution in [3.05, 3.63) is 82.9 Å². The highest BCUT2D eigenvalue weighted by Gasteiger charge is 2.66. The van der Waals surface area contributed by atoms with E-state index in [-0.39, 0.29) is 17.3 Å². The van der Waals surface area contributed by atoms with Gasteiger partial charge in [0.05, 0.1) is 13.2 Å². The van der Waals surface area contributed by atoms with Crippen molar-refractivity contribution < 1.29 is 13.6 Å². The summed E-state index contributed by atoms with van der Waals surface area (Å²) in [6.07, 6.45) is 2.76. The van der Waals surface area contributed by atoms with E-state index in [1.807, 2.05) is 0 Å². The Kier molecular flexibility index (Phi) is 4.67. The molecule has 4 heteroatoms. The molecule has 0 unspecified atom stereocenters. The molecule has 0 aromatic heterocycles. The zero-order chi connectivity index (χ0) is 21.1. The standard InChI is InChI=1S/C26H31O3P/c1-5-6-15-26(30(27)28-16-25(3,4)17-29-30)18(2)23-19-11-7-9-13-21(19)24(26)22-14-10-8-12-20(22)23/h7-14,23-24H,2,5-6,15-17H2,1,3-4H3/t23?,24?,26-/m1/s1. The number of rotatable bonds is 4. The normalized spacial score (nSPS) is 30.6. The monoisotopic (exact) mass is 422 g/mol. The number of unbranched alkanes of at least 4 members (excludes halogenated alkanes) is 1. The van der Waals surface area contributed by atoms with Crippen molar-refractivity contribution in [3.63, 3.8) is 0 Å². The summed E-state index contributed by atoms with van der Waals surface area (Å²) in [4.78, 5) is 0. The van der Waals surface area contributed by atoms with Crippen LogP contribution in [0.1, 0.15) is 74.1 Å². The molecule has 2 aromatic carbocycles. The van der Waals surface area contributed by atoms with Crippen LogP contribution in [0.5, 0.6) is 0 Å². The molecule has 1 aliphatic heterocycles. The fraction of sp³-hybridized carbons (Fsp3) is 0.462. The van der Waals surface area contributed by atoms with Gasteiger partial charge in [0.15, 0.2) is 0 Å². The van der Waals surface area contributed by atoms with E-state index in [9.17, 15) is 4.57 Å². The second-order valence-electron chi connectivity index (χ2n) is 9.89. The van der Waals surface area contributed by atoms with Crippen LogP contribution in [-0.4, -0.2) is 18.4 Å². The van der Waals surface area contributed by atoms with E-state index in [0.717, 1.165) is 24.8 Å². The molecule has 3 aliphatic carbocycles. The lowest BCUT2D eigenvalue weighted by atomic mass is 9.55. The number of benzene rings is 2. The SMILES string of the molecule is C=C1C2c3ccccc3C(c3ccccc32)[C@]1(CCCC)P1(=O)OCC(C)(C)CO1. The van der Waals surface area contributed by atoms with Crippen LogP contribution >= 0.6 is 7.60 Å². The van der Waals surface area contributed by atoms with Gasteiger partial charge in [0.2, 0.25) is 0 Å². The summed E-state index contributed by atoms with van der Waals surface area (Å²) in [6, 6.07) is 17.2. The predicted molar refractivity (Wildman–Crippen MR) is 121 cm³/mol. The Hall–Kier alpha value is -1.67. The lowest BCUT2D eigenvalue weighted by Gasteiger charge is -2.57. The lowest BCUT2D eigenvalue weighted by molar-refractivity contribution is 0.0310. The zero-order valence-corrected chi connectivity index (χ0v) is 19.1. The average Bonchev–Trinajstić information content (AvgIpc) is 2.75. The first-order chi connectivity index (χ1) is 14.3. The summed E-state index contributed by atoms with van der Waals surface area (Å²) >= 11 is 0. The van der Waals surface area contributed by atoms with Crippen LogP contribution in [0.15, 0.2) is 60.7 Å². The molecule has 6 rings (SSSR count). The van der Waals surface area contributed by atoms with E-state index in [2.05, 4.69) is 75.9 Å². The maximum absolute atomic E-state index is 14.6. The molecule has 1 heterocycles. The molecule has 0 amide bonds. The summed E-state index contributed by atoms with van der Waals surface area (Å²) in [6.45, 7) is 11.9. The number of hydrogen-bond donors (Lipinski definition) is 0. The van der Waals surface area contributed by atoms with Crippen molar-refractivity contribution in [1.29, 1.82) is 0 Å². The van der Waals surface area contributed by atoms with Crippen LogP contribution in [-0.2, 0) is 13.6 Å². The molecule has 0 spiro atoms. The molecule has 158 valence electrons. The fourth-order valence-corrected chi connectivity index (χ4v) is 8.87. The molecular formula is C26H31O3P. The first-order valence-electron chi connectivity index (χ1n) is 11.1. The van der Waals surface area contributed by atoms with Crippen molar-refractivity contribution >= 4 is 7.60 Å². The molecule has 1 atom stereocenters. The highest BCUT2D eigenvalue weighted by molar-refractivity contribution is 7.56. The number of fused-ring (bicyclic) bond motifs is 1. The summed E-state index contributed by atoms with van der Waals surface area (Å²) < 4.78 is 27.1. The van der Waals surface area contributed by atoms with Crippen LogP contribution in [0.3, 0.4) is 0 Å². The van der Waals surface area contributed by atoms with Gasteiger partial charge in [0.1, 0.15) is 5.16 Å². The molecule has 0 radical (unpaired) electrons. The van der Waals surface area contributed by atoms with Gasteiger partial charge in [-0.25, -0.2) is 0 Å². The second kappa shape index (κ2) is 6.92. The Morgan fingerprint density at radius 1 is 0.967 bits per heavy atom. The van der Waals surface area contributed by atoms with Gasteiger partial charge in [0, 0.05) is 17.3 Å². The minimum Gasteiger partial charge on any atom is -0.307 e. The molecule has 1 saturated heterocycles. The van der Waals surface area contributed by atoms with Gasteiger partial charge in [-0.05, 0) is 34.2 Å². The highest BCUT2D eigenvalue weighted by Crippen LogP contribution is 2.78. The highest BCUT2D eigenvalue weighted by atomic mass is 31.2. The third kappa shape index (κ3) is 2.62. The Morgan fingerprint density at radius 3 is 1.97 bits per heavy atom. The van der Waals surface area contributed by atoms with Gasteiger partial charge in [-0.2, -0.15) is 0 Å². The van der Waals surface area contributed by atoms with Crippen molar-refractivity contribution in [2.24, 2.45) is 5.41 Å². The first-order valence-corrected chi connectivity index (χ1v) is 12.6. The maximum atomic E-state index is 14.6. The number of hydrogen-bond acceptors (Lipinski definition) is 3. The maximum Gasteiger partial charge on any atom is 0.341 e. The molecule has 3 nitrogen and oxygen atoms in total. The van der Waals surface area contributed by atoms with Gasteiger partial charge >= 0.3 is 7.60 Å². The largest absolute Gasteiger partial charge is 0.341 e. The molecule has 2 bridgehead atoms. The number of allylic oxidation sites excluding steroid dienone is 1. The van der Waals surface area contributed by atoms with Crippen molar-refractivity contribution in [1.82, 2.24) is 0 Å². The first kappa shape index (κ1) is 20.2. The molecule has 30 heavy (non-hydrogen) atoms. The predicted octanol–water partition coefficient (Wildman–Crippen LogP) is 7.03. The van der Waals surface area contributed by atoms with Crippen LogP contribution in [0.4, 0.5) is 0 Å². The summed E-state index contributed by atoms with van der Waals surface area (Å²) in [5.41, 5.74) is 5.99. The molecular weight excluding hydrogens is 391 g/mol. The lowest BCUT2D eigenvalue weighted by Crippen LogP contribution is -2.50. The zero-order valence-electron chi connectivity index (χ0n) is 18.2. The van der Waals surface area contributed by atoms with Gasteiger partial charge < -0.3 is 9.05 Å². The molecule has 4 aliphatic rings. The molecule has 0 saturated carbocycles. The fourth-order valence-electron chi connectivity index (χ4n) is 5.78. The van der Waals surface area contributed by atoms with Crippen molar-refractivity contribution in [2.75, 3.05) is 13.2 Å². The third-order valence-electron chi connectivity index (χ3n) is 7.27. The van der Waals surface area contributed by atoms with E-state index in [4.69, 9.17) is 9.05 Å². The van der Waals surface area contributed by atoms with E-state index >= 15 is 0 Å². The second-order valence-corrected chi connectivity index (χ2v) is 12.2. The third-order valence-corrected chi connectivity index (χ3v) is 9.95. The van der Waals surface area contributed by atoms with Gasteiger partial charge in [-0.3, -0.25) is 4.57 Å². The molecule has 2 aromatic rings. The average molecular weight is 423 g/mol.